The molecule has 2 aromatic rings. The smallest absolute Gasteiger partial charge is 0.287 e. The molecule has 3 rings (SSSR count). The molecule has 1 unspecified atom stereocenters. The summed E-state index contributed by atoms with van der Waals surface area (Å²) < 4.78 is 11.1. The van der Waals surface area contributed by atoms with Gasteiger partial charge in [-0.15, -0.1) is 24.0 Å². The number of guanidine groups is 1. The summed E-state index contributed by atoms with van der Waals surface area (Å²) in [4.78, 5) is 16.2. The van der Waals surface area contributed by atoms with Crippen LogP contribution in [0, 0.1) is 6.92 Å². The number of carbonyl (C=O) groups excluding carboxylic acids is 1. The summed E-state index contributed by atoms with van der Waals surface area (Å²) >= 11 is 0. The van der Waals surface area contributed by atoms with Gasteiger partial charge in [-0.3, -0.25) is 9.79 Å². The van der Waals surface area contributed by atoms with Crippen molar-refractivity contribution in [2.45, 2.75) is 25.9 Å². The van der Waals surface area contributed by atoms with Crippen LogP contribution in [0.4, 0.5) is 0 Å². The van der Waals surface area contributed by atoms with Crippen molar-refractivity contribution in [3.05, 3.63) is 53.5 Å². The van der Waals surface area contributed by atoms with Gasteiger partial charge in [0.05, 0.1) is 12.8 Å². The van der Waals surface area contributed by atoms with Gasteiger partial charge in [0, 0.05) is 32.1 Å². The topological polar surface area (TPSA) is 87.9 Å². The van der Waals surface area contributed by atoms with Gasteiger partial charge in [0.15, 0.2) is 11.7 Å². The minimum atomic E-state index is -0.182. The summed E-state index contributed by atoms with van der Waals surface area (Å²) in [5.41, 5.74) is 2.08. The van der Waals surface area contributed by atoms with Crippen molar-refractivity contribution < 1.29 is 13.9 Å². The van der Waals surface area contributed by atoms with E-state index in [4.69, 9.17) is 9.15 Å². The molecule has 0 saturated carbocycles. The third-order valence-electron chi connectivity index (χ3n) is 4.43. The van der Waals surface area contributed by atoms with Gasteiger partial charge in [-0.05, 0) is 31.0 Å². The van der Waals surface area contributed by atoms with Crippen molar-refractivity contribution in [2.75, 3.05) is 26.7 Å². The van der Waals surface area contributed by atoms with Gasteiger partial charge in [-0.25, -0.2) is 0 Å². The van der Waals surface area contributed by atoms with Gasteiger partial charge < -0.3 is 25.1 Å². The summed E-state index contributed by atoms with van der Waals surface area (Å²) in [6.07, 6.45) is 3.31. The number of hydrogen-bond donors (Lipinski definition) is 3. The summed E-state index contributed by atoms with van der Waals surface area (Å²) in [7, 11) is 1.74. The van der Waals surface area contributed by atoms with Crippen LogP contribution in [0.15, 0.2) is 46.0 Å². The van der Waals surface area contributed by atoms with E-state index in [1.165, 1.54) is 11.8 Å². The van der Waals surface area contributed by atoms with E-state index >= 15 is 0 Å². The van der Waals surface area contributed by atoms with Gasteiger partial charge in [0.1, 0.15) is 11.9 Å². The second-order valence-corrected chi connectivity index (χ2v) is 6.47. The van der Waals surface area contributed by atoms with E-state index in [0.717, 1.165) is 30.1 Å². The van der Waals surface area contributed by atoms with Crippen molar-refractivity contribution >= 4 is 35.8 Å². The Hall–Kier alpha value is -2.23. The Kier molecular flexibility index (Phi) is 8.62. The number of aliphatic imine (C=N–C) groups is 1. The predicted molar refractivity (Wildman–Crippen MR) is 120 cm³/mol. The number of carbonyl (C=O) groups is 1. The number of ether oxygens (including phenoxy) is 1. The van der Waals surface area contributed by atoms with E-state index in [-0.39, 0.29) is 36.0 Å². The van der Waals surface area contributed by atoms with E-state index in [2.05, 4.69) is 27.0 Å². The van der Waals surface area contributed by atoms with Crippen molar-refractivity contribution in [3.8, 4) is 5.75 Å². The molecule has 28 heavy (non-hydrogen) atoms. The maximum atomic E-state index is 11.9. The molecule has 0 spiro atoms. The first kappa shape index (κ1) is 22.1. The highest BCUT2D eigenvalue weighted by Crippen LogP contribution is 2.27. The molecule has 0 fully saturated rings. The molecule has 8 heteroatoms. The van der Waals surface area contributed by atoms with Crippen LogP contribution in [0.25, 0.3) is 0 Å². The lowest BCUT2D eigenvalue weighted by atomic mass is 10.1. The average molecular weight is 498 g/mol. The standard InChI is InChI=1S/C20H26N4O3.HI/c1-14-8-11-26-18(14)19(25)22-9-5-10-23-20(21-2)24-13-16-12-15-6-3-4-7-17(15)27-16;/h3-4,6-8,11,16H,5,9-10,12-13H2,1-2H3,(H,22,25)(H2,21,23,24);1H. The van der Waals surface area contributed by atoms with Crippen molar-refractivity contribution in [3.63, 3.8) is 0 Å². The average Bonchev–Trinajstić information content (AvgIpc) is 3.29. The first-order valence-corrected chi connectivity index (χ1v) is 9.18. The lowest BCUT2D eigenvalue weighted by molar-refractivity contribution is 0.0925. The molecule has 1 aromatic carbocycles. The Morgan fingerprint density at radius 1 is 1.18 bits per heavy atom. The molecule has 0 radical (unpaired) electrons. The molecule has 0 aliphatic carbocycles. The van der Waals surface area contributed by atoms with Crippen molar-refractivity contribution in [2.24, 2.45) is 4.99 Å². The third kappa shape index (κ3) is 5.88. The lowest BCUT2D eigenvalue weighted by Crippen LogP contribution is -2.43. The van der Waals surface area contributed by atoms with Crippen LogP contribution in [-0.2, 0) is 6.42 Å². The molecule has 2 heterocycles. The highest BCUT2D eigenvalue weighted by molar-refractivity contribution is 14.0. The van der Waals surface area contributed by atoms with E-state index in [1.54, 1.807) is 13.1 Å². The molecule has 152 valence electrons. The fourth-order valence-corrected chi connectivity index (χ4v) is 2.98. The zero-order chi connectivity index (χ0) is 19.1. The number of hydrogen-bond acceptors (Lipinski definition) is 4. The van der Waals surface area contributed by atoms with E-state index in [1.807, 2.05) is 25.1 Å². The fourth-order valence-electron chi connectivity index (χ4n) is 2.98. The first-order chi connectivity index (χ1) is 13.2. The third-order valence-corrected chi connectivity index (χ3v) is 4.43. The van der Waals surface area contributed by atoms with Crippen LogP contribution >= 0.6 is 24.0 Å². The molecular formula is C20H27IN4O3. The molecular weight excluding hydrogens is 471 g/mol. The van der Waals surface area contributed by atoms with Gasteiger partial charge in [-0.1, -0.05) is 18.2 Å². The Morgan fingerprint density at radius 3 is 2.68 bits per heavy atom. The highest BCUT2D eigenvalue weighted by Gasteiger charge is 2.22. The summed E-state index contributed by atoms with van der Waals surface area (Å²) in [5, 5.41) is 9.38. The number of nitrogens with one attached hydrogen (secondary N) is 3. The van der Waals surface area contributed by atoms with Crippen LogP contribution in [0.2, 0.25) is 0 Å². The second kappa shape index (κ2) is 10.9. The molecule has 1 amide bonds. The quantitative estimate of drug-likeness (QED) is 0.236. The minimum Gasteiger partial charge on any atom is -0.488 e. The molecule has 1 aliphatic heterocycles. The maximum Gasteiger partial charge on any atom is 0.287 e. The molecule has 0 bridgehead atoms. The molecule has 0 saturated heterocycles. The molecule has 3 N–H and O–H groups in total. The number of para-hydroxylation sites is 1. The molecule has 1 aliphatic rings. The van der Waals surface area contributed by atoms with Crippen LogP contribution in [-0.4, -0.2) is 44.7 Å². The summed E-state index contributed by atoms with van der Waals surface area (Å²) in [5.74, 6) is 1.88. The number of aryl methyl sites for hydroxylation is 1. The second-order valence-electron chi connectivity index (χ2n) is 6.47. The largest absolute Gasteiger partial charge is 0.488 e. The van der Waals surface area contributed by atoms with Gasteiger partial charge in [0.25, 0.3) is 5.91 Å². The SMILES string of the molecule is CN=C(NCCCNC(=O)c1occc1C)NCC1Cc2ccccc2O1.I. The van der Waals surface area contributed by atoms with E-state index in [0.29, 0.717) is 25.4 Å². The summed E-state index contributed by atoms with van der Waals surface area (Å²) in [6, 6.07) is 9.89. The number of halogens is 1. The van der Waals surface area contributed by atoms with Gasteiger partial charge in [0.2, 0.25) is 0 Å². The lowest BCUT2D eigenvalue weighted by Gasteiger charge is -2.15. The van der Waals surface area contributed by atoms with Crippen LogP contribution in [0.3, 0.4) is 0 Å². The molecule has 1 aromatic heterocycles. The fraction of sp³-hybridized carbons (Fsp3) is 0.400. The highest BCUT2D eigenvalue weighted by atomic mass is 127. The zero-order valence-electron chi connectivity index (χ0n) is 16.2. The van der Waals surface area contributed by atoms with Crippen molar-refractivity contribution in [1.82, 2.24) is 16.0 Å². The Bertz CT molecular complexity index is 781. The first-order valence-electron chi connectivity index (χ1n) is 9.18. The number of nitrogens with zero attached hydrogens (tertiary/aromatic N) is 1. The van der Waals surface area contributed by atoms with Crippen molar-refractivity contribution in [1.29, 1.82) is 0 Å². The predicted octanol–water partition coefficient (Wildman–Crippen LogP) is 2.49. The van der Waals surface area contributed by atoms with Gasteiger partial charge in [-0.2, -0.15) is 0 Å². The normalized spacial score (nSPS) is 15.2. The van der Waals surface area contributed by atoms with Crippen LogP contribution < -0.4 is 20.7 Å². The monoisotopic (exact) mass is 498 g/mol. The Labute approximate surface area is 182 Å². The summed E-state index contributed by atoms with van der Waals surface area (Å²) in [6.45, 7) is 3.79. The number of fused-ring (bicyclic) bond motifs is 1. The number of furan rings is 1. The van der Waals surface area contributed by atoms with Gasteiger partial charge >= 0.3 is 0 Å². The van der Waals surface area contributed by atoms with E-state index in [9.17, 15) is 4.79 Å². The zero-order valence-corrected chi connectivity index (χ0v) is 18.5. The number of rotatable bonds is 7. The Morgan fingerprint density at radius 2 is 1.96 bits per heavy atom. The van der Waals surface area contributed by atoms with Crippen LogP contribution in [0.1, 0.15) is 28.1 Å². The minimum absolute atomic E-state index is 0. The molecule has 1 atom stereocenters. The number of benzene rings is 1. The maximum absolute atomic E-state index is 11.9. The van der Waals surface area contributed by atoms with E-state index < -0.39 is 0 Å². The number of amides is 1. The molecule has 7 nitrogen and oxygen atoms in total. The Balaban J connectivity index is 0.00000280. The van der Waals surface area contributed by atoms with Crippen LogP contribution in [0.5, 0.6) is 5.75 Å².